The van der Waals surface area contributed by atoms with Gasteiger partial charge in [0.2, 0.25) is 0 Å². The molecule has 0 heterocycles. The summed E-state index contributed by atoms with van der Waals surface area (Å²) < 4.78 is 0. The predicted molar refractivity (Wildman–Crippen MR) is 43.8 cm³/mol. The number of unbranched alkanes of at least 4 members (excludes halogenated alkanes) is 1. The minimum atomic E-state index is 0.816. The molecule has 0 unspecified atom stereocenters. The second kappa shape index (κ2) is 6.41. The van der Waals surface area contributed by atoms with Crippen LogP contribution in [-0.4, -0.2) is 5.88 Å². The van der Waals surface area contributed by atoms with Crippen molar-refractivity contribution in [1.82, 2.24) is 0 Å². The fraction of sp³-hybridized carbons (Fsp3) is 0.875. The summed E-state index contributed by atoms with van der Waals surface area (Å²) in [6, 6.07) is 0. The first-order valence-corrected chi connectivity index (χ1v) is 4.22. The lowest BCUT2D eigenvalue weighted by molar-refractivity contribution is 0.695. The van der Waals surface area contributed by atoms with Crippen molar-refractivity contribution in [2.75, 3.05) is 5.88 Å². The van der Waals surface area contributed by atoms with Crippen LogP contribution < -0.4 is 0 Å². The van der Waals surface area contributed by atoms with Gasteiger partial charge in [-0.05, 0) is 18.8 Å². The Balaban J connectivity index is 2.88. The van der Waals surface area contributed by atoms with Crippen LogP contribution in [0, 0.1) is 5.92 Å². The lowest BCUT2D eigenvalue weighted by Gasteiger charge is -2.04. The van der Waals surface area contributed by atoms with E-state index in [9.17, 15) is 0 Å². The molecule has 9 heavy (non-hydrogen) atoms. The molecular weight excluding hydrogens is 132 g/mol. The highest BCUT2D eigenvalue weighted by Crippen LogP contribution is 2.13. The molecule has 0 rings (SSSR count). The number of hydrogen-bond donors (Lipinski definition) is 0. The van der Waals surface area contributed by atoms with Crippen LogP contribution in [0.2, 0.25) is 0 Å². The molecule has 0 aromatic heterocycles. The van der Waals surface area contributed by atoms with E-state index >= 15 is 0 Å². The quantitative estimate of drug-likeness (QED) is 0.413. The zero-order valence-corrected chi connectivity index (χ0v) is 7.17. The van der Waals surface area contributed by atoms with Crippen LogP contribution >= 0.6 is 11.6 Å². The van der Waals surface area contributed by atoms with Crippen molar-refractivity contribution in [2.45, 2.75) is 39.5 Å². The summed E-state index contributed by atoms with van der Waals surface area (Å²) in [6.07, 6.45) is 4.92. The minimum Gasteiger partial charge on any atom is -0.127 e. The van der Waals surface area contributed by atoms with Gasteiger partial charge in [0.15, 0.2) is 0 Å². The van der Waals surface area contributed by atoms with E-state index < -0.39 is 0 Å². The van der Waals surface area contributed by atoms with Crippen molar-refractivity contribution < 1.29 is 0 Å². The fourth-order valence-corrected chi connectivity index (χ4v) is 0.887. The van der Waals surface area contributed by atoms with Gasteiger partial charge in [0, 0.05) is 5.88 Å². The number of hydrogen-bond acceptors (Lipinski definition) is 0. The van der Waals surface area contributed by atoms with E-state index in [0.29, 0.717) is 0 Å². The van der Waals surface area contributed by atoms with Gasteiger partial charge in [-0.1, -0.05) is 26.7 Å². The monoisotopic (exact) mass is 147 g/mol. The standard InChI is InChI=1S/C8H16Cl/c1-3-8(2)6-4-5-7-9/h3-7H2,1-2H3. The molecular formula is C8H16Cl. The van der Waals surface area contributed by atoms with E-state index in [2.05, 4.69) is 13.8 Å². The summed E-state index contributed by atoms with van der Waals surface area (Å²) in [6.45, 7) is 4.42. The zero-order chi connectivity index (χ0) is 7.11. The highest BCUT2D eigenvalue weighted by Gasteiger charge is 1.96. The minimum absolute atomic E-state index is 0.816. The van der Waals surface area contributed by atoms with Gasteiger partial charge in [-0.15, -0.1) is 11.6 Å². The molecule has 0 fully saturated rings. The van der Waals surface area contributed by atoms with Gasteiger partial charge in [-0.25, -0.2) is 0 Å². The molecule has 1 radical (unpaired) electrons. The Morgan fingerprint density at radius 3 is 2.44 bits per heavy atom. The van der Waals surface area contributed by atoms with Crippen LogP contribution in [0.1, 0.15) is 39.5 Å². The Kier molecular flexibility index (Phi) is 6.62. The largest absolute Gasteiger partial charge is 0.127 e. The van der Waals surface area contributed by atoms with Crippen molar-refractivity contribution >= 4 is 11.6 Å². The zero-order valence-electron chi connectivity index (χ0n) is 6.41. The molecule has 0 aliphatic heterocycles. The van der Waals surface area contributed by atoms with Gasteiger partial charge in [0.05, 0.1) is 0 Å². The van der Waals surface area contributed by atoms with Gasteiger partial charge < -0.3 is 0 Å². The summed E-state index contributed by atoms with van der Waals surface area (Å²) in [5.74, 6) is 2.41. The highest BCUT2D eigenvalue weighted by molar-refractivity contribution is 6.17. The molecule has 0 saturated carbocycles. The van der Waals surface area contributed by atoms with Crippen LogP contribution in [0.3, 0.4) is 0 Å². The van der Waals surface area contributed by atoms with E-state index in [-0.39, 0.29) is 0 Å². The maximum absolute atomic E-state index is 5.52. The second-order valence-corrected chi connectivity index (χ2v) is 2.83. The molecule has 0 aromatic carbocycles. The first kappa shape index (κ1) is 9.29. The number of alkyl halides is 1. The Labute approximate surface area is 63.6 Å². The molecule has 0 bridgehead atoms. The summed E-state index contributed by atoms with van der Waals surface area (Å²) in [7, 11) is 0. The molecule has 0 saturated heterocycles. The first-order valence-electron chi connectivity index (χ1n) is 3.68. The molecule has 0 atom stereocenters. The van der Waals surface area contributed by atoms with Gasteiger partial charge in [0.25, 0.3) is 0 Å². The molecule has 0 aliphatic carbocycles. The van der Waals surface area contributed by atoms with E-state index in [1.807, 2.05) is 0 Å². The van der Waals surface area contributed by atoms with E-state index in [0.717, 1.165) is 5.88 Å². The van der Waals surface area contributed by atoms with Crippen LogP contribution in [0.5, 0.6) is 0 Å². The normalized spacial score (nSPS) is 10.7. The van der Waals surface area contributed by atoms with Gasteiger partial charge in [-0.3, -0.25) is 0 Å². The number of halogens is 1. The molecule has 0 aromatic rings. The molecule has 0 spiro atoms. The van der Waals surface area contributed by atoms with E-state index in [1.54, 1.807) is 5.92 Å². The van der Waals surface area contributed by atoms with E-state index in [1.165, 1.54) is 25.7 Å². The average Bonchev–Trinajstić information content (AvgIpc) is 1.89. The third-order valence-corrected chi connectivity index (χ3v) is 1.86. The number of rotatable bonds is 5. The molecule has 0 N–H and O–H groups in total. The summed E-state index contributed by atoms with van der Waals surface area (Å²) in [5.41, 5.74) is 0. The molecule has 0 amide bonds. The van der Waals surface area contributed by atoms with Crippen LogP contribution in [-0.2, 0) is 0 Å². The van der Waals surface area contributed by atoms with Crippen molar-refractivity contribution in [1.29, 1.82) is 0 Å². The van der Waals surface area contributed by atoms with Crippen LogP contribution in [0.4, 0.5) is 0 Å². The van der Waals surface area contributed by atoms with Crippen LogP contribution in [0.15, 0.2) is 0 Å². The summed E-state index contributed by atoms with van der Waals surface area (Å²) in [4.78, 5) is 0. The maximum atomic E-state index is 5.52. The summed E-state index contributed by atoms with van der Waals surface area (Å²) >= 11 is 5.52. The third-order valence-electron chi connectivity index (χ3n) is 1.59. The molecule has 1 heteroatoms. The van der Waals surface area contributed by atoms with Crippen LogP contribution in [0.25, 0.3) is 0 Å². The smallest absolute Gasteiger partial charge is 0.0223 e. The third kappa shape index (κ3) is 6.17. The first-order chi connectivity index (χ1) is 4.31. The lowest BCUT2D eigenvalue weighted by Crippen LogP contribution is -1.88. The second-order valence-electron chi connectivity index (χ2n) is 2.46. The highest BCUT2D eigenvalue weighted by atomic mass is 35.5. The topological polar surface area (TPSA) is 0 Å². The van der Waals surface area contributed by atoms with Crippen molar-refractivity contribution in [3.8, 4) is 0 Å². The maximum Gasteiger partial charge on any atom is 0.0223 e. The Bertz CT molecular complexity index is 52.5. The SMILES string of the molecule is CC[C](C)CCCCCl. The summed E-state index contributed by atoms with van der Waals surface area (Å²) in [5, 5.41) is 0. The molecule has 0 aliphatic rings. The molecule has 0 nitrogen and oxygen atoms in total. The van der Waals surface area contributed by atoms with Crippen molar-refractivity contribution in [2.24, 2.45) is 0 Å². The van der Waals surface area contributed by atoms with Gasteiger partial charge >= 0.3 is 0 Å². The average molecular weight is 148 g/mol. The van der Waals surface area contributed by atoms with E-state index in [4.69, 9.17) is 11.6 Å². The van der Waals surface area contributed by atoms with Crippen molar-refractivity contribution in [3.05, 3.63) is 5.92 Å². The van der Waals surface area contributed by atoms with Gasteiger partial charge in [0.1, 0.15) is 0 Å². The Morgan fingerprint density at radius 2 is 2.00 bits per heavy atom. The Morgan fingerprint density at radius 1 is 1.33 bits per heavy atom. The molecule has 55 valence electrons. The Hall–Kier alpha value is 0.290. The predicted octanol–water partition coefficient (Wildman–Crippen LogP) is 3.40. The van der Waals surface area contributed by atoms with Crippen molar-refractivity contribution in [3.63, 3.8) is 0 Å². The van der Waals surface area contributed by atoms with Gasteiger partial charge in [-0.2, -0.15) is 0 Å². The lowest BCUT2D eigenvalue weighted by atomic mass is 10.0. The fourth-order valence-electron chi connectivity index (χ4n) is 0.698.